The molecule has 0 spiro atoms. The summed E-state index contributed by atoms with van der Waals surface area (Å²) in [6, 6.07) is 12.2. The SMILES string of the molecule is O=S(=O)(Cc1c(F)cccc1Cl)c1cc2[nH]c(-c3ccccn3)nc2cc1Cl. The molecule has 0 radical (unpaired) electrons. The van der Waals surface area contributed by atoms with E-state index in [0.29, 0.717) is 22.6 Å². The van der Waals surface area contributed by atoms with Gasteiger partial charge in [0, 0.05) is 16.8 Å². The van der Waals surface area contributed by atoms with Gasteiger partial charge in [-0.25, -0.2) is 17.8 Å². The maximum atomic E-state index is 14.0. The molecule has 5 nitrogen and oxygen atoms in total. The van der Waals surface area contributed by atoms with Crippen molar-refractivity contribution in [1.82, 2.24) is 15.0 Å². The maximum absolute atomic E-state index is 14.0. The molecule has 4 aromatic rings. The van der Waals surface area contributed by atoms with Gasteiger partial charge < -0.3 is 4.98 Å². The first kappa shape index (κ1) is 18.9. The van der Waals surface area contributed by atoms with Gasteiger partial charge in [0.05, 0.1) is 26.7 Å². The summed E-state index contributed by atoms with van der Waals surface area (Å²) in [5.74, 6) is -0.809. The van der Waals surface area contributed by atoms with Crippen molar-refractivity contribution in [1.29, 1.82) is 0 Å². The van der Waals surface area contributed by atoms with Crippen LogP contribution in [0.5, 0.6) is 0 Å². The van der Waals surface area contributed by atoms with Gasteiger partial charge in [0.1, 0.15) is 11.5 Å². The van der Waals surface area contributed by atoms with E-state index in [9.17, 15) is 12.8 Å². The Morgan fingerprint density at radius 1 is 1.04 bits per heavy atom. The molecular formula is C19H12Cl2FN3O2S. The predicted octanol–water partition coefficient (Wildman–Crippen LogP) is 5.04. The second kappa shape index (κ2) is 7.16. The minimum atomic E-state index is -3.96. The number of pyridine rings is 1. The van der Waals surface area contributed by atoms with E-state index < -0.39 is 21.4 Å². The smallest absolute Gasteiger partial charge is 0.184 e. The zero-order valence-electron chi connectivity index (χ0n) is 14.2. The van der Waals surface area contributed by atoms with E-state index >= 15 is 0 Å². The molecule has 28 heavy (non-hydrogen) atoms. The van der Waals surface area contributed by atoms with E-state index in [-0.39, 0.29) is 20.5 Å². The van der Waals surface area contributed by atoms with E-state index in [1.165, 1.54) is 24.3 Å². The quantitative estimate of drug-likeness (QED) is 0.486. The Morgan fingerprint density at radius 2 is 1.86 bits per heavy atom. The summed E-state index contributed by atoms with van der Waals surface area (Å²) < 4.78 is 39.8. The lowest BCUT2D eigenvalue weighted by molar-refractivity contribution is 0.587. The van der Waals surface area contributed by atoms with Crippen molar-refractivity contribution < 1.29 is 12.8 Å². The van der Waals surface area contributed by atoms with E-state index in [1.807, 2.05) is 6.07 Å². The van der Waals surface area contributed by atoms with Gasteiger partial charge in [-0.2, -0.15) is 0 Å². The van der Waals surface area contributed by atoms with E-state index in [1.54, 1.807) is 18.3 Å². The summed E-state index contributed by atoms with van der Waals surface area (Å²) >= 11 is 12.2. The van der Waals surface area contributed by atoms with Crippen molar-refractivity contribution in [2.45, 2.75) is 10.6 Å². The number of halogens is 3. The van der Waals surface area contributed by atoms with Crippen molar-refractivity contribution in [2.75, 3.05) is 0 Å². The molecule has 0 amide bonds. The van der Waals surface area contributed by atoms with Crippen LogP contribution in [0.1, 0.15) is 5.56 Å². The zero-order chi connectivity index (χ0) is 19.9. The molecule has 2 aromatic carbocycles. The first-order chi connectivity index (χ1) is 13.3. The molecule has 0 saturated carbocycles. The van der Waals surface area contributed by atoms with Crippen LogP contribution in [0.3, 0.4) is 0 Å². The Balaban J connectivity index is 1.79. The van der Waals surface area contributed by atoms with Crippen molar-refractivity contribution >= 4 is 44.1 Å². The van der Waals surface area contributed by atoms with Crippen molar-refractivity contribution in [3.05, 3.63) is 76.2 Å². The third-order valence-corrected chi connectivity index (χ3v) is 6.63. The number of sulfone groups is 1. The van der Waals surface area contributed by atoms with Crippen LogP contribution in [-0.4, -0.2) is 23.4 Å². The topological polar surface area (TPSA) is 75.7 Å². The van der Waals surface area contributed by atoms with Gasteiger partial charge in [-0.3, -0.25) is 4.98 Å². The predicted molar refractivity (Wildman–Crippen MR) is 107 cm³/mol. The molecule has 142 valence electrons. The fourth-order valence-corrected chi connectivity index (χ4v) is 5.11. The first-order valence-electron chi connectivity index (χ1n) is 8.11. The normalized spacial score (nSPS) is 11.8. The number of nitrogens with zero attached hydrogens (tertiary/aromatic N) is 2. The second-order valence-electron chi connectivity index (χ2n) is 6.06. The fourth-order valence-electron chi connectivity index (χ4n) is 2.81. The molecule has 0 aliphatic heterocycles. The number of nitrogens with one attached hydrogen (secondary N) is 1. The van der Waals surface area contributed by atoms with Crippen LogP contribution < -0.4 is 0 Å². The third kappa shape index (κ3) is 3.48. The molecule has 9 heteroatoms. The Labute approximate surface area is 170 Å². The number of hydrogen-bond acceptors (Lipinski definition) is 4. The number of fused-ring (bicyclic) bond motifs is 1. The summed E-state index contributed by atoms with van der Waals surface area (Å²) in [6.45, 7) is 0. The second-order valence-corrected chi connectivity index (χ2v) is 8.83. The number of H-pyrrole nitrogens is 1. The Hall–Kier alpha value is -2.48. The number of hydrogen-bond donors (Lipinski definition) is 1. The van der Waals surface area contributed by atoms with Crippen LogP contribution in [0, 0.1) is 5.82 Å². The molecule has 0 unspecified atom stereocenters. The molecule has 0 fully saturated rings. The van der Waals surface area contributed by atoms with E-state index in [4.69, 9.17) is 23.2 Å². The molecule has 0 bridgehead atoms. The first-order valence-corrected chi connectivity index (χ1v) is 10.5. The third-order valence-electron chi connectivity index (χ3n) is 4.17. The lowest BCUT2D eigenvalue weighted by Crippen LogP contribution is -2.08. The highest BCUT2D eigenvalue weighted by atomic mass is 35.5. The number of benzene rings is 2. The summed E-state index contributed by atoms with van der Waals surface area (Å²) in [5.41, 5.74) is 1.48. The molecule has 0 atom stereocenters. The monoisotopic (exact) mass is 435 g/mol. The molecule has 1 N–H and O–H groups in total. The Morgan fingerprint density at radius 3 is 2.57 bits per heavy atom. The molecule has 2 aromatic heterocycles. The molecule has 0 aliphatic rings. The van der Waals surface area contributed by atoms with Gasteiger partial charge >= 0.3 is 0 Å². The molecule has 2 heterocycles. The number of aromatic amines is 1. The number of rotatable bonds is 4. The van der Waals surface area contributed by atoms with E-state index in [0.717, 1.165) is 6.07 Å². The lowest BCUT2D eigenvalue weighted by atomic mass is 10.2. The van der Waals surface area contributed by atoms with Crippen LogP contribution >= 0.6 is 23.2 Å². The van der Waals surface area contributed by atoms with Crippen LogP contribution in [-0.2, 0) is 15.6 Å². The minimum Gasteiger partial charge on any atom is -0.337 e. The van der Waals surface area contributed by atoms with Gasteiger partial charge in [0.15, 0.2) is 15.7 Å². The van der Waals surface area contributed by atoms with Crippen LogP contribution in [0.25, 0.3) is 22.6 Å². The summed E-state index contributed by atoms with van der Waals surface area (Å²) in [5, 5.41) is 0.0405. The van der Waals surface area contributed by atoms with Crippen LogP contribution in [0.15, 0.2) is 59.6 Å². The van der Waals surface area contributed by atoms with Crippen molar-refractivity contribution in [2.24, 2.45) is 0 Å². The average Bonchev–Trinajstić information content (AvgIpc) is 3.08. The van der Waals surface area contributed by atoms with Crippen molar-refractivity contribution in [3.63, 3.8) is 0 Å². The summed E-state index contributed by atoms with van der Waals surface area (Å²) in [6.07, 6.45) is 1.63. The lowest BCUT2D eigenvalue weighted by Gasteiger charge is -2.09. The summed E-state index contributed by atoms with van der Waals surface area (Å²) in [7, 11) is -3.96. The van der Waals surface area contributed by atoms with Gasteiger partial charge in [-0.1, -0.05) is 35.3 Å². The van der Waals surface area contributed by atoms with E-state index in [2.05, 4.69) is 15.0 Å². The molecular weight excluding hydrogens is 424 g/mol. The van der Waals surface area contributed by atoms with Crippen LogP contribution in [0.4, 0.5) is 4.39 Å². The molecule has 0 saturated heterocycles. The maximum Gasteiger partial charge on any atom is 0.184 e. The molecule has 4 rings (SSSR count). The standard InChI is InChI=1S/C19H12Cl2FN3O2S/c20-12-4-3-5-14(22)11(12)10-28(26,27)18-9-17-16(8-13(18)21)24-19(25-17)15-6-1-2-7-23-15/h1-9H,10H2,(H,24,25). The Kier molecular flexibility index (Phi) is 4.82. The largest absolute Gasteiger partial charge is 0.337 e. The number of aromatic nitrogens is 3. The highest BCUT2D eigenvalue weighted by Crippen LogP contribution is 2.32. The van der Waals surface area contributed by atoms with Gasteiger partial charge in [-0.05, 0) is 36.4 Å². The minimum absolute atomic E-state index is 0.000896. The van der Waals surface area contributed by atoms with Crippen molar-refractivity contribution in [3.8, 4) is 11.5 Å². The van der Waals surface area contributed by atoms with Gasteiger partial charge in [-0.15, -0.1) is 0 Å². The van der Waals surface area contributed by atoms with Gasteiger partial charge in [0.25, 0.3) is 0 Å². The highest BCUT2D eigenvalue weighted by Gasteiger charge is 2.24. The Bertz CT molecular complexity index is 1270. The van der Waals surface area contributed by atoms with Crippen LogP contribution in [0.2, 0.25) is 10.0 Å². The number of imidazole rings is 1. The highest BCUT2D eigenvalue weighted by molar-refractivity contribution is 7.90. The zero-order valence-corrected chi connectivity index (χ0v) is 16.5. The average molecular weight is 436 g/mol. The molecule has 0 aliphatic carbocycles. The summed E-state index contributed by atoms with van der Waals surface area (Å²) in [4.78, 5) is 11.5. The van der Waals surface area contributed by atoms with Gasteiger partial charge in [0.2, 0.25) is 0 Å². The fraction of sp³-hybridized carbons (Fsp3) is 0.0526.